The van der Waals surface area contributed by atoms with Crippen LogP contribution in [0.25, 0.3) is 0 Å². The molecule has 0 spiro atoms. The second-order valence-corrected chi connectivity index (χ2v) is 5.44. The smallest absolute Gasteiger partial charge is 0.256 e. The van der Waals surface area contributed by atoms with Crippen LogP contribution in [0.2, 0.25) is 0 Å². The summed E-state index contributed by atoms with van der Waals surface area (Å²) in [6, 6.07) is 2.10. The third kappa shape index (κ3) is 4.00. The number of nitrogens with zero attached hydrogens (tertiary/aromatic N) is 3. The summed E-state index contributed by atoms with van der Waals surface area (Å²) in [6.45, 7) is 8.64. The quantitative estimate of drug-likeness (QED) is 0.754. The zero-order valence-electron chi connectivity index (χ0n) is 12.1. The van der Waals surface area contributed by atoms with Crippen LogP contribution in [0.5, 0.6) is 0 Å². The molecule has 19 heavy (non-hydrogen) atoms. The van der Waals surface area contributed by atoms with Gasteiger partial charge in [-0.05, 0) is 32.8 Å². The molecule has 0 unspecified atom stereocenters. The van der Waals surface area contributed by atoms with Gasteiger partial charge in [0.25, 0.3) is 5.91 Å². The predicted molar refractivity (Wildman–Crippen MR) is 80.7 cm³/mol. The summed E-state index contributed by atoms with van der Waals surface area (Å²) < 4.78 is 0. The van der Waals surface area contributed by atoms with Crippen LogP contribution in [-0.2, 0) is 0 Å². The minimum Gasteiger partial charge on any atom is -0.335 e. The van der Waals surface area contributed by atoms with Crippen molar-refractivity contribution in [3.63, 3.8) is 0 Å². The van der Waals surface area contributed by atoms with E-state index in [1.807, 2.05) is 24.8 Å². The van der Waals surface area contributed by atoms with Crippen LogP contribution < -0.4 is 0 Å². The zero-order chi connectivity index (χ0) is 14.4. The van der Waals surface area contributed by atoms with E-state index < -0.39 is 0 Å². The molecule has 0 N–H and O–H groups in total. The van der Waals surface area contributed by atoms with Crippen LogP contribution in [0.4, 0.5) is 0 Å². The van der Waals surface area contributed by atoms with Gasteiger partial charge in [0.1, 0.15) is 0 Å². The van der Waals surface area contributed by atoms with Gasteiger partial charge in [-0.1, -0.05) is 29.8 Å². The van der Waals surface area contributed by atoms with E-state index >= 15 is 0 Å². The SMILES string of the molecule is CCC(CC)N(CCBr)C(=O)c1cc(C)nnc1C. The largest absolute Gasteiger partial charge is 0.335 e. The van der Waals surface area contributed by atoms with E-state index in [4.69, 9.17) is 0 Å². The lowest BCUT2D eigenvalue weighted by Crippen LogP contribution is -2.41. The van der Waals surface area contributed by atoms with E-state index in [2.05, 4.69) is 40.0 Å². The topological polar surface area (TPSA) is 46.1 Å². The molecular weight excluding hydrogens is 306 g/mol. The third-order valence-electron chi connectivity index (χ3n) is 3.30. The van der Waals surface area contributed by atoms with Crippen molar-refractivity contribution >= 4 is 21.8 Å². The zero-order valence-corrected chi connectivity index (χ0v) is 13.7. The van der Waals surface area contributed by atoms with Crippen molar-refractivity contribution in [1.29, 1.82) is 0 Å². The maximum atomic E-state index is 12.7. The highest BCUT2D eigenvalue weighted by Crippen LogP contribution is 2.16. The first-order valence-corrected chi connectivity index (χ1v) is 7.85. The first-order chi connectivity index (χ1) is 9.04. The summed E-state index contributed by atoms with van der Waals surface area (Å²) in [5.41, 5.74) is 2.14. The van der Waals surface area contributed by atoms with Gasteiger partial charge in [-0.2, -0.15) is 10.2 Å². The van der Waals surface area contributed by atoms with Gasteiger partial charge in [0.05, 0.1) is 17.0 Å². The summed E-state index contributed by atoms with van der Waals surface area (Å²) in [5.74, 6) is 0.0589. The number of aryl methyl sites for hydroxylation is 2. The number of alkyl halides is 1. The van der Waals surface area contributed by atoms with Crippen LogP contribution in [0.15, 0.2) is 6.07 Å². The number of hydrogen-bond donors (Lipinski definition) is 0. The van der Waals surface area contributed by atoms with Gasteiger partial charge in [-0.3, -0.25) is 4.79 Å². The van der Waals surface area contributed by atoms with Gasteiger partial charge in [-0.25, -0.2) is 0 Å². The van der Waals surface area contributed by atoms with Gasteiger partial charge in [-0.15, -0.1) is 0 Å². The van der Waals surface area contributed by atoms with E-state index in [1.165, 1.54) is 0 Å². The van der Waals surface area contributed by atoms with Crippen molar-refractivity contribution in [3.8, 4) is 0 Å². The molecule has 1 heterocycles. The highest BCUT2D eigenvalue weighted by Gasteiger charge is 2.23. The Morgan fingerprint density at radius 2 is 1.95 bits per heavy atom. The van der Waals surface area contributed by atoms with Crippen molar-refractivity contribution in [2.75, 3.05) is 11.9 Å². The first-order valence-electron chi connectivity index (χ1n) is 6.72. The monoisotopic (exact) mass is 327 g/mol. The number of carbonyl (C=O) groups is 1. The Balaban J connectivity index is 3.08. The van der Waals surface area contributed by atoms with Crippen LogP contribution in [0.3, 0.4) is 0 Å². The number of rotatable bonds is 6. The van der Waals surface area contributed by atoms with Gasteiger partial charge in [0.2, 0.25) is 0 Å². The van der Waals surface area contributed by atoms with Crippen LogP contribution in [0, 0.1) is 13.8 Å². The lowest BCUT2D eigenvalue weighted by molar-refractivity contribution is 0.0681. The molecule has 0 aliphatic heterocycles. The first kappa shape index (κ1) is 16.1. The fraction of sp³-hybridized carbons (Fsp3) is 0.643. The van der Waals surface area contributed by atoms with E-state index in [9.17, 15) is 4.79 Å². The number of carbonyl (C=O) groups excluding carboxylic acids is 1. The van der Waals surface area contributed by atoms with Crippen LogP contribution in [-0.4, -0.2) is 38.9 Å². The highest BCUT2D eigenvalue weighted by atomic mass is 79.9. The molecule has 0 aliphatic rings. The molecule has 0 aromatic carbocycles. The Hall–Kier alpha value is -0.970. The number of halogens is 1. The lowest BCUT2D eigenvalue weighted by atomic mass is 10.1. The molecular formula is C14H22BrN3O. The van der Waals surface area contributed by atoms with E-state index in [0.29, 0.717) is 17.8 Å². The molecule has 0 fully saturated rings. The second kappa shape index (κ2) is 7.58. The maximum Gasteiger partial charge on any atom is 0.256 e. The summed E-state index contributed by atoms with van der Waals surface area (Å²) in [5, 5.41) is 8.81. The van der Waals surface area contributed by atoms with Crippen molar-refractivity contribution in [2.45, 2.75) is 46.6 Å². The summed E-state index contributed by atoms with van der Waals surface area (Å²) in [4.78, 5) is 14.6. The highest BCUT2D eigenvalue weighted by molar-refractivity contribution is 9.09. The molecule has 1 aromatic heterocycles. The third-order valence-corrected chi connectivity index (χ3v) is 3.66. The minimum absolute atomic E-state index is 0.0589. The Kier molecular flexibility index (Phi) is 6.42. The van der Waals surface area contributed by atoms with E-state index in [-0.39, 0.29) is 11.9 Å². The van der Waals surface area contributed by atoms with Crippen LogP contribution in [0.1, 0.15) is 48.4 Å². The predicted octanol–water partition coefficient (Wildman–Crippen LogP) is 3.12. The van der Waals surface area contributed by atoms with Gasteiger partial charge in [0, 0.05) is 17.9 Å². The number of amides is 1. The molecule has 0 saturated heterocycles. The molecule has 0 radical (unpaired) electrons. The second-order valence-electron chi connectivity index (χ2n) is 4.64. The summed E-state index contributed by atoms with van der Waals surface area (Å²) in [6.07, 6.45) is 1.93. The minimum atomic E-state index is 0.0589. The Morgan fingerprint density at radius 3 is 2.47 bits per heavy atom. The Labute approximate surface area is 123 Å². The standard InChI is InChI=1S/C14H22BrN3O/c1-5-12(6-2)18(8-7-15)14(19)13-9-10(3)16-17-11(13)4/h9,12H,5-8H2,1-4H3. The van der Waals surface area contributed by atoms with Crippen molar-refractivity contribution in [3.05, 3.63) is 23.0 Å². The molecule has 1 rings (SSSR count). The van der Waals surface area contributed by atoms with Crippen molar-refractivity contribution in [2.24, 2.45) is 0 Å². The van der Waals surface area contributed by atoms with Gasteiger partial charge in [0.15, 0.2) is 0 Å². The Morgan fingerprint density at radius 1 is 1.32 bits per heavy atom. The fourth-order valence-electron chi connectivity index (χ4n) is 2.19. The Bertz CT molecular complexity index is 433. The maximum absolute atomic E-state index is 12.7. The van der Waals surface area contributed by atoms with Crippen molar-refractivity contribution < 1.29 is 4.79 Å². The fourth-order valence-corrected chi connectivity index (χ4v) is 2.57. The molecule has 106 valence electrons. The van der Waals surface area contributed by atoms with Crippen LogP contribution >= 0.6 is 15.9 Å². The molecule has 1 aromatic rings. The number of hydrogen-bond acceptors (Lipinski definition) is 3. The average Bonchev–Trinajstić information content (AvgIpc) is 2.41. The van der Waals surface area contributed by atoms with Gasteiger partial charge < -0.3 is 4.90 Å². The van der Waals surface area contributed by atoms with E-state index in [0.717, 1.165) is 23.9 Å². The molecule has 5 heteroatoms. The normalized spacial score (nSPS) is 10.8. The lowest BCUT2D eigenvalue weighted by Gasteiger charge is -2.30. The molecule has 0 aliphatic carbocycles. The van der Waals surface area contributed by atoms with Crippen molar-refractivity contribution in [1.82, 2.24) is 15.1 Å². The van der Waals surface area contributed by atoms with E-state index in [1.54, 1.807) is 0 Å². The molecule has 0 atom stereocenters. The molecule has 4 nitrogen and oxygen atoms in total. The molecule has 1 amide bonds. The average molecular weight is 328 g/mol. The molecule has 0 bridgehead atoms. The summed E-state index contributed by atoms with van der Waals surface area (Å²) >= 11 is 3.43. The number of aromatic nitrogens is 2. The van der Waals surface area contributed by atoms with Gasteiger partial charge >= 0.3 is 0 Å². The summed E-state index contributed by atoms with van der Waals surface area (Å²) in [7, 11) is 0. The molecule has 0 saturated carbocycles.